The maximum Gasteiger partial charge on any atom is 0.435 e. The van der Waals surface area contributed by atoms with Crippen LogP contribution in [0.15, 0.2) is 47.4 Å². The normalized spacial score (nSPS) is 13.3. The zero-order valence-corrected chi connectivity index (χ0v) is 18.4. The number of aromatic nitrogens is 2. The van der Waals surface area contributed by atoms with Gasteiger partial charge >= 0.3 is 6.18 Å². The molecule has 0 aliphatic rings. The Morgan fingerprint density at radius 1 is 1.06 bits per heavy atom. The van der Waals surface area contributed by atoms with E-state index in [0.29, 0.717) is 17.2 Å². The predicted octanol–water partition coefficient (Wildman–Crippen LogP) is 5.33. The van der Waals surface area contributed by atoms with E-state index in [9.17, 15) is 26.6 Å². The first-order valence-electron chi connectivity index (χ1n) is 9.30. The largest absolute Gasteiger partial charge is 0.437 e. The monoisotopic (exact) mass is 482 g/mol. The molecule has 1 aromatic heterocycles. The Kier molecular flexibility index (Phi) is 6.41. The van der Waals surface area contributed by atoms with Crippen molar-refractivity contribution >= 4 is 21.3 Å². The molecular formula is C21H18F4N4O3S. The first-order valence-corrected chi connectivity index (χ1v) is 11.3. The summed E-state index contributed by atoms with van der Waals surface area (Å²) in [6.45, 7) is 3.14. The zero-order chi connectivity index (χ0) is 24.6. The molecule has 0 saturated heterocycles. The van der Waals surface area contributed by atoms with Crippen molar-refractivity contribution in [1.29, 1.82) is 4.78 Å². The number of aryl methyl sites for hydroxylation is 2. The Morgan fingerprint density at radius 2 is 1.76 bits per heavy atom. The lowest BCUT2D eigenvalue weighted by Gasteiger charge is -2.14. The van der Waals surface area contributed by atoms with E-state index >= 15 is 0 Å². The van der Waals surface area contributed by atoms with Crippen molar-refractivity contribution in [3.05, 3.63) is 70.7 Å². The molecular weight excluding hydrogens is 464 g/mol. The molecule has 0 bridgehead atoms. The van der Waals surface area contributed by atoms with Crippen LogP contribution in [0.5, 0.6) is 11.6 Å². The van der Waals surface area contributed by atoms with Gasteiger partial charge < -0.3 is 10.1 Å². The van der Waals surface area contributed by atoms with E-state index in [2.05, 4.69) is 15.5 Å². The van der Waals surface area contributed by atoms with Crippen molar-refractivity contribution in [3.63, 3.8) is 0 Å². The number of nitrogens with zero attached hydrogens (tertiary/aromatic N) is 2. The van der Waals surface area contributed by atoms with Crippen LogP contribution in [0.1, 0.15) is 27.2 Å². The number of nitrogens with one attached hydrogen (secondary N) is 2. The Balaban J connectivity index is 2.03. The van der Waals surface area contributed by atoms with Crippen LogP contribution in [0, 0.1) is 24.4 Å². The van der Waals surface area contributed by atoms with Gasteiger partial charge in [-0.05, 0) is 61.4 Å². The number of alkyl halides is 3. The molecule has 0 radical (unpaired) electrons. The highest BCUT2D eigenvalue weighted by atomic mass is 32.2. The summed E-state index contributed by atoms with van der Waals surface area (Å²) in [6, 6.07) is 8.23. The lowest BCUT2D eigenvalue weighted by molar-refractivity contribution is -0.141. The zero-order valence-electron chi connectivity index (χ0n) is 17.6. The van der Waals surface area contributed by atoms with Gasteiger partial charge in [-0.25, -0.2) is 13.4 Å². The number of halogens is 4. The lowest BCUT2D eigenvalue weighted by atomic mass is 10.2. The van der Waals surface area contributed by atoms with E-state index in [1.54, 1.807) is 6.92 Å². The van der Waals surface area contributed by atoms with Gasteiger partial charge in [0.1, 0.15) is 17.1 Å². The Labute approximate surface area is 186 Å². The fourth-order valence-corrected chi connectivity index (χ4v) is 3.92. The molecule has 33 heavy (non-hydrogen) atoms. The maximum atomic E-state index is 13.4. The molecule has 3 rings (SSSR count). The first-order chi connectivity index (χ1) is 15.3. The van der Waals surface area contributed by atoms with Crippen LogP contribution < -0.4 is 10.1 Å². The van der Waals surface area contributed by atoms with Gasteiger partial charge in [-0.15, -0.1) is 10.2 Å². The number of carbonyl (C=O) groups is 1. The number of hydrogen-bond donors (Lipinski definition) is 2. The van der Waals surface area contributed by atoms with E-state index in [-0.39, 0.29) is 16.3 Å². The first kappa shape index (κ1) is 24.1. The summed E-state index contributed by atoms with van der Waals surface area (Å²) in [4.78, 5) is 13.1. The van der Waals surface area contributed by atoms with Crippen molar-refractivity contribution in [1.82, 2.24) is 10.2 Å². The smallest absolute Gasteiger partial charge is 0.435 e. The third-order valence-electron chi connectivity index (χ3n) is 4.50. The summed E-state index contributed by atoms with van der Waals surface area (Å²) >= 11 is 0. The van der Waals surface area contributed by atoms with Gasteiger partial charge in [0, 0.05) is 11.9 Å². The van der Waals surface area contributed by atoms with Gasteiger partial charge in [0.15, 0.2) is 5.69 Å². The molecule has 1 heterocycles. The number of amides is 1. The highest BCUT2D eigenvalue weighted by molar-refractivity contribution is 7.91. The number of anilines is 1. The average molecular weight is 482 g/mol. The van der Waals surface area contributed by atoms with Crippen LogP contribution in [-0.2, 0) is 15.9 Å². The van der Waals surface area contributed by atoms with E-state index in [4.69, 9.17) is 9.52 Å². The third-order valence-corrected chi connectivity index (χ3v) is 5.78. The molecule has 2 N–H and O–H groups in total. The van der Waals surface area contributed by atoms with Crippen molar-refractivity contribution < 1.29 is 31.3 Å². The minimum absolute atomic E-state index is 0.0667. The number of benzene rings is 2. The molecule has 0 saturated carbocycles. The van der Waals surface area contributed by atoms with Gasteiger partial charge in [-0.3, -0.25) is 4.79 Å². The molecule has 1 amide bonds. The van der Waals surface area contributed by atoms with Crippen LogP contribution in [0.2, 0.25) is 0 Å². The van der Waals surface area contributed by atoms with E-state index in [0.717, 1.165) is 12.1 Å². The minimum atomic E-state index is -4.87. The minimum Gasteiger partial charge on any atom is -0.437 e. The molecule has 0 aliphatic heterocycles. The molecule has 0 spiro atoms. The molecule has 3 aromatic rings. The highest BCUT2D eigenvalue weighted by Crippen LogP contribution is 2.32. The number of carbonyl (C=O) groups excluding carboxylic acids is 1. The van der Waals surface area contributed by atoms with Crippen molar-refractivity contribution in [2.45, 2.75) is 24.9 Å². The van der Waals surface area contributed by atoms with Crippen molar-refractivity contribution in [3.8, 4) is 11.6 Å². The fraction of sp³-hybridized carbons (Fsp3) is 0.190. The van der Waals surface area contributed by atoms with Crippen LogP contribution >= 0.6 is 0 Å². The van der Waals surface area contributed by atoms with Crippen LogP contribution in [0.25, 0.3) is 0 Å². The predicted molar refractivity (Wildman–Crippen MR) is 112 cm³/mol. The summed E-state index contributed by atoms with van der Waals surface area (Å²) in [6.07, 6.45) is -3.66. The molecule has 2 aromatic carbocycles. The van der Waals surface area contributed by atoms with Gasteiger partial charge in [0.25, 0.3) is 11.8 Å². The summed E-state index contributed by atoms with van der Waals surface area (Å²) in [5, 5.41) is 8.90. The quantitative estimate of drug-likeness (QED) is 0.478. The van der Waals surface area contributed by atoms with Gasteiger partial charge in [0.05, 0.1) is 14.6 Å². The molecule has 7 nitrogen and oxygen atoms in total. The maximum absolute atomic E-state index is 13.4. The Morgan fingerprint density at radius 3 is 2.36 bits per heavy atom. The van der Waals surface area contributed by atoms with Gasteiger partial charge in [-0.2, -0.15) is 13.2 Å². The fourth-order valence-electron chi connectivity index (χ4n) is 2.88. The summed E-state index contributed by atoms with van der Waals surface area (Å²) < 4.78 is 78.3. The van der Waals surface area contributed by atoms with Crippen LogP contribution in [-0.4, -0.2) is 26.6 Å². The second-order valence-electron chi connectivity index (χ2n) is 7.24. The van der Waals surface area contributed by atoms with Crippen LogP contribution in [0.3, 0.4) is 0 Å². The molecule has 0 fully saturated rings. The summed E-state index contributed by atoms with van der Waals surface area (Å²) in [5.74, 6) is -2.01. The molecule has 1 atom stereocenters. The van der Waals surface area contributed by atoms with Gasteiger partial charge in [0.2, 0.25) is 0 Å². The molecule has 12 heteroatoms. The Bertz CT molecular complexity index is 1340. The lowest BCUT2D eigenvalue weighted by Crippen LogP contribution is -2.18. The average Bonchev–Trinajstić information content (AvgIpc) is 2.70. The molecule has 0 aliphatic carbocycles. The van der Waals surface area contributed by atoms with Crippen LogP contribution in [0.4, 0.5) is 23.2 Å². The van der Waals surface area contributed by atoms with E-state index in [1.165, 1.54) is 37.4 Å². The standard InChI is InChI=1S/C21H18F4N4O3S/c1-11-4-6-14(9-17(11)33(3,26)31)27-19(30)15-10-18(21(23,24)25)28-29-20(15)32-16-7-5-13(22)8-12(16)2/h4-10,26H,1-3H3,(H,27,30). The number of ether oxygens (including phenoxy) is 1. The van der Waals surface area contributed by atoms with E-state index in [1.807, 2.05) is 0 Å². The second kappa shape index (κ2) is 8.77. The summed E-state index contributed by atoms with van der Waals surface area (Å²) in [5.41, 5.74) is -1.01. The second-order valence-corrected chi connectivity index (χ2v) is 9.36. The van der Waals surface area contributed by atoms with Crippen molar-refractivity contribution in [2.75, 3.05) is 11.6 Å². The number of hydrogen-bond acceptors (Lipinski definition) is 6. The van der Waals surface area contributed by atoms with Crippen molar-refractivity contribution in [2.24, 2.45) is 0 Å². The topological polar surface area (TPSA) is 105 Å². The Hall–Kier alpha value is -3.54. The molecule has 1 unspecified atom stereocenters. The molecule has 174 valence electrons. The van der Waals surface area contributed by atoms with E-state index < -0.39 is 44.8 Å². The number of rotatable bonds is 5. The highest BCUT2D eigenvalue weighted by Gasteiger charge is 2.35. The third kappa shape index (κ3) is 5.64. The summed E-state index contributed by atoms with van der Waals surface area (Å²) in [7, 11) is -3.12. The van der Waals surface area contributed by atoms with Gasteiger partial charge in [-0.1, -0.05) is 6.07 Å². The SMILES string of the molecule is Cc1cc(F)ccc1Oc1nnc(C(F)(F)F)cc1C(=O)Nc1ccc(C)c(S(C)(=N)=O)c1.